The number of carboxylic acid groups (broad SMARTS) is 1. The number of carboxylic acids is 1. The Morgan fingerprint density at radius 1 is 1.36 bits per heavy atom. The first-order chi connectivity index (χ1) is 10.4. The van der Waals surface area contributed by atoms with Gasteiger partial charge in [0.1, 0.15) is 24.6 Å². The van der Waals surface area contributed by atoms with Crippen LogP contribution < -0.4 is 10.5 Å². The van der Waals surface area contributed by atoms with E-state index in [-0.39, 0.29) is 24.5 Å². The quantitative estimate of drug-likeness (QED) is 0.808. The van der Waals surface area contributed by atoms with Crippen LogP contribution >= 0.6 is 0 Å². The number of amides is 1. The van der Waals surface area contributed by atoms with E-state index in [0.717, 1.165) is 15.8 Å². The summed E-state index contributed by atoms with van der Waals surface area (Å²) in [5, 5.41) is 16.3. The van der Waals surface area contributed by atoms with Gasteiger partial charge < -0.3 is 15.6 Å². The fraction of sp³-hybridized carbons (Fsp3) is 0.286. The average Bonchev–Trinajstić information content (AvgIpc) is 2.82. The zero-order valence-corrected chi connectivity index (χ0v) is 12.2. The van der Waals surface area contributed by atoms with Crippen molar-refractivity contribution in [3.63, 3.8) is 0 Å². The van der Waals surface area contributed by atoms with Crippen LogP contribution in [0.3, 0.4) is 0 Å². The number of nitrogens with zero attached hydrogens (tertiary/aromatic N) is 3. The first-order valence-electron chi connectivity index (χ1n) is 6.52. The molecule has 0 unspecified atom stereocenters. The second kappa shape index (κ2) is 6.25. The monoisotopic (exact) mass is 304 g/mol. The van der Waals surface area contributed by atoms with E-state index >= 15 is 0 Å². The second-order valence-corrected chi connectivity index (χ2v) is 4.87. The Bertz CT molecular complexity index is 724. The number of benzene rings is 1. The fourth-order valence-electron chi connectivity index (χ4n) is 1.93. The summed E-state index contributed by atoms with van der Waals surface area (Å²) < 4.78 is 6.79. The Morgan fingerprint density at radius 3 is 2.73 bits per heavy atom. The van der Waals surface area contributed by atoms with Crippen LogP contribution in [0.15, 0.2) is 18.2 Å². The smallest absolute Gasteiger partial charge is 0.358 e. The van der Waals surface area contributed by atoms with Crippen LogP contribution in [0.2, 0.25) is 0 Å². The third kappa shape index (κ3) is 3.40. The number of carbonyl (C=O) groups excluding carboxylic acids is 1. The summed E-state index contributed by atoms with van der Waals surface area (Å²) in [5.41, 5.74) is 6.97. The van der Waals surface area contributed by atoms with Crippen LogP contribution in [0.5, 0.6) is 5.75 Å². The molecule has 0 aliphatic heterocycles. The maximum atomic E-state index is 11.2. The van der Waals surface area contributed by atoms with Crippen molar-refractivity contribution in [1.29, 1.82) is 0 Å². The maximum absolute atomic E-state index is 11.2. The summed E-state index contributed by atoms with van der Waals surface area (Å²) in [7, 11) is 0. The molecule has 0 radical (unpaired) electrons. The molecular formula is C14H16N4O4. The lowest BCUT2D eigenvalue weighted by Gasteiger charge is -2.11. The van der Waals surface area contributed by atoms with Crippen LogP contribution in [-0.4, -0.2) is 32.0 Å². The second-order valence-electron chi connectivity index (χ2n) is 4.87. The van der Waals surface area contributed by atoms with Crippen molar-refractivity contribution >= 4 is 11.9 Å². The highest BCUT2D eigenvalue weighted by molar-refractivity contribution is 5.86. The number of ether oxygens (including phenoxy) is 1. The molecule has 22 heavy (non-hydrogen) atoms. The molecule has 2 aromatic rings. The Kier molecular flexibility index (Phi) is 4.40. The number of nitrogens with two attached hydrogens (primary N) is 1. The van der Waals surface area contributed by atoms with Crippen LogP contribution in [0, 0.1) is 13.8 Å². The van der Waals surface area contributed by atoms with Crippen molar-refractivity contribution in [3.05, 3.63) is 40.7 Å². The molecule has 116 valence electrons. The van der Waals surface area contributed by atoms with Crippen LogP contribution in [0.25, 0.3) is 0 Å². The predicted octanol–water partition coefficient (Wildman–Crippen LogP) is 0.657. The predicted molar refractivity (Wildman–Crippen MR) is 76.4 cm³/mol. The van der Waals surface area contributed by atoms with E-state index in [2.05, 4.69) is 10.3 Å². The maximum Gasteiger partial charge on any atom is 0.358 e. The number of hydrogen-bond donors (Lipinski definition) is 2. The lowest BCUT2D eigenvalue weighted by Crippen LogP contribution is -2.22. The third-order valence-electron chi connectivity index (χ3n) is 3.05. The summed E-state index contributed by atoms with van der Waals surface area (Å²) in [6.45, 7) is 3.47. The molecule has 8 nitrogen and oxygen atoms in total. The molecule has 1 heterocycles. The fourth-order valence-corrected chi connectivity index (χ4v) is 1.93. The molecule has 0 spiro atoms. The Balaban J connectivity index is 2.27. The van der Waals surface area contributed by atoms with Gasteiger partial charge in [-0.1, -0.05) is 17.3 Å². The van der Waals surface area contributed by atoms with Crippen LogP contribution in [0.4, 0.5) is 0 Å². The molecule has 1 amide bonds. The SMILES string of the molecule is Cc1ccc(C)c(OCc2c(C(=O)O)nnn2CC(N)=O)c1. The molecule has 0 atom stereocenters. The normalized spacial score (nSPS) is 10.5. The molecular weight excluding hydrogens is 288 g/mol. The highest BCUT2D eigenvalue weighted by Crippen LogP contribution is 2.21. The summed E-state index contributed by atoms with van der Waals surface area (Å²) in [6, 6.07) is 5.70. The molecule has 0 bridgehead atoms. The number of hydrogen-bond acceptors (Lipinski definition) is 5. The molecule has 3 N–H and O–H groups in total. The highest BCUT2D eigenvalue weighted by atomic mass is 16.5. The molecule has 0 aliphatic carbocycles. The Morgan fingerprint density at radius 2 is 2.09 bits per heavy atom. The topological polar surface area (TPSA) is 120 Å². The van der Waals surface area contributed by atoms with Crippen molar-refractivity contribution in [3.8, 4) is 5.75 Å². The van der Waals surface area contributed by atoms with E-state index in [1.54, 1.807) is 0 Å². The van der Waals surface area contributed by atoms with E-state index in [1.165, 1.54) is 0 Å². The standard InChI is InChI=1S/C14H16N4O4/c1-8-3-4-9(2)11(5-8)22-7-10-13(14(20)21)16-17-18(10)6-12(15)19/h3-5H,6-7H2,1-2H3,(H2,15,19)(H,20,21). The molecule has 1 aromatic carbocycles. The zero-order valence-electron chi connectivity index (χ0n) is 12.2. The molecule has 8 heteroatoms. The molecule has 1 aromatic heterocycles. The average molecular weight is 304 g/mol. The van der Waals surface area contributed by atoms with Gasteiger partial charge in [0.05, 0.1) is 0 Å². The summed E-state index contributed by atoms with van der Waals surface area (Å²) >= 11 is 0. The largest absolute Gasteiger partial charge is 0.487 e. The summed E-state index contributed by atoms with van der Waals surface area (Å²) in [4.78, 5) is 22.2. The van der Waals surface area contributed by atoms with Gasteiger partial charge in [0.15, 0.2) is 5.69 Å². The summed E-state index contributed by atoms with van der Waals surface area (Å²) in [6.07, 6.45) is 0. The number of aromatic carboxylic acids is 1. The minimum atomic E-state index is -1.24. The number of rotatable bonds is 6. The molecule has 2 rings (SSSR count). The van der Waals surface area contributed by atoms with Crippen molar-refractivity contribution in [2.75, 3.05) is 0 Å². The molecule has 0 aliphatic rings. The van der Waals surface area contributed by atoms with Crippen molar-refractivity contribution < 1.29 is 19.4 Å². The lowest BCUT2D eigenvalue weighted by atomic mass is 10.1. The zero-order chi connectivity index (χ0) is 16.3. The van der Waals surface area contributed by atoms with E-state index in [4.69, 9.17) is 15.6 Å². The van der Waals surface area contributed by atoms with E-state index in [9.17, 15) is 9.59 Å². The first-order valence-corrected chi connectivity index (χ1v) is 6.52. The van der Waals surface area contributed by atoms with Gasteiger partial charge in [0.25, 0.3) is 0 Å². The van der Waals surface area contributed by atoms with Crippen LogP contribution in [0.1, 0.15) is 27.3 Å². The Labute approximate surface area is 126 Å². The van der Waals surface area contributed by atoms with Gasteiger partial charge in [0, 0.05) is 0 Å². The molecule has 0 saturated heterocycles. The minimum absolute atomic E-state index is 0.0772. The third-order valence-corrected chi connectivity index (χ3v) is 3.05. The van der Waals surface area contributed by atoms with Gasteiger partial charge in [-0.25, -0.2) is 9.48 Å². The highest BCUT2D eigenvalue weighted by Gasteiger charge is 2.20. The first kappa shape index (κ1) is 15.5. The van der Waals surface area contributed by atoms with Crippen molar-refractivity contribution in [1.82, 2.24) is 15.0 Å². The number of aromatic nitrogens is 3. The van der Waals surface area contributed by atoms with Crippen LogP contribution in [-0.2, 0) is 17.9 Å². The minimum Gasteiger partial charge on any atom is -0.487 e. The van der Waals surface area contributed by atoms with Gasteiger partial charge in [-0.05, 0) is 31.0 Å². The van der Waals surface area contributed by atoms with Gasteiger partial charge in [-0.3, -0.25) is 4.79 Å². The van der Waals surface area contributed by atoms with Crippen molar-refractivity contribution in [2.24, 2.45) is 5.73 Å². The molecule has 0 fully saturated rings. The molecule has 0 saturated carbocycles. The number of carbonyl (C=O) groups is 2. The van der Waals surface area contributed by atoms with Gasteiger partial charge in [-0.15, -0.1) is 5.10 Å². The number of primary amides is 1. The van der Waals surface area contributed by atoms with Crippen molar-refractivity contribution in [2.45, 2.75) is 27.0 Å². The van der Waals surface area contributed by atoms with Gasteiger partial charge in [0.2, 0.25) is 5.91 Å². The summed E-state index contributed by atoms with van der Waals surface area (Å²) in [5.74, 6) is -1.26. The van der Waals surface area contributed by atoms with E-state index < -0.39 is 11.9 Å². The van der Waals surface area contributed by atoms with Gasteiger partial charge >= 0.3 is 5.97 Å². The Hall–Kier alpha value is -2.90. The lowest BCUT2D eigenvalue weighted by molar-refractivity contribution is -0.118. The van der Waals surface area contributed by atoms with Gasteiger partial charge in [-0.2, -0.15) is 0 Å². The van der Waals surface area contributed by atoms with E-state index in [0.29, 0.717) is 5.75 Å². The van der Waals surface area contributed by atoms with E-state index in [1.807, 2.05) is 32.0 Å². The number of aryl methyl sites for hydroxylation is 2.